The van der Waals surface area contributed by atoms with Gasteiger partial charge in [0.1, 0.15) is 16.1 Å². The van der Waals surface area contributed by atoms with Crippen LogP contribution in [0.5, 0.6) is 0 Å². The summed E-state index contributed by atoms with van der Waals surface area (Å²) < 4.78 is 5.57. The smallest absolute Gasteiger partial charge is 0.147 e. The lowest BCUT2D eigenvalue weighted by Crippen LogP contribution is -2.33. The molecule has 2 heterocycles. The Balaban J connectivity index is 2.05. The van der Waals surface area contributed by atoms with Gasteiger partial charge in [-0.15, -0.1) is 10.2 Å². The number of hydrogen-bond donors (Lipinski definition) is 1. The van der Waals surface area contributed by atoms with Gasteiger partial charge in [-0.05, 0) is 6.42 Å². The first-order valence-electron chi connectivity index (χ1n) is 4.54. The lowest BCUT2D eigenvalue weighted by molar-refractivity contribution is 0.0271. The predicted octanol–water partition coefficient (Wildman–Crippen LogP) is 0.761. The lowest BCUT2D eigenvalue weighted by atomic mass is 10.3. The number of nitrogens with one attached hydrogen (secondary N) is 1. The zero-order valence-electron chi connectivity index (χ0n) is 7.62. The first-order valence-corrected chi connectivity index (χ1v) is 5.36. The fourth-order valence-corrected chi connectivity index (χ4v) is 2.10. The van der Waals surface area contributed by atoms with Gasteiger partial charge in [0.25, 0.3) is 0 Å². The highest BCUT2D eigenvalue weighted by molar-refractivity contribution is 7.11. The van der Waals surface area contributed by atoms with Crippen LogP contribution in [0.3, 0.4) is 0 Å². The van der Waals surface area contributed by atoms with Gasteiger partial charge in [-0.3, -0.25) is 0 Å². The predicted molar refractivity (Wildman–Crippen MR) is 50.8 cm³/mol. The summed E-state index contributed by atoms with van der Waals surface area (Å²) in [6.45, 7) is 4.66. The Morgan fingerprint density at radius 3 is 3.15 bits per heavy atom. The summed E-state index contributed by atoms with van der Waals surface area (Å²) >= 11 is 1.65. The van der Waals surface area contributed by atoms with Gasteiger partial charge in [0.2, 0.25) is 0 Å². The topological polar surface area (TPSA) is 47.0 Å². The van der Waals surface area contributed by atoms with Crippen molar-refractivity contribution in [1.29, 1.82) is 0 Å². The van der Waals surface area contributed by atoms with Crippen molar-refractivity contribution in [1.82, 2.24) is 15.5 Å². The van der Waals surface area contributed by atoms with Crippen LogP contribution in [0.15, 0.2) is 0 Å². The van der Waals surface area contributed by atoms with E-state index in [0.29, 0.717) is 0 Å². The van der Waals surface area contributed by atoms with Gasteiger partial charge >= 0.3 is 0 Å². The minimum absolute atomic E-state index is 0.117. The molecule has 72 valence electrons. The first kappa shape index (κ1) is 9.05. The van der Waals surface area contributed by atoms with Crippen molar-refractivity contribution in [3.8, 4) is 0 Å². The molecule has 1 unspecified atom stereocenters. The molecular weight excluding hydrogens is 186 g/mol. The highest BCUT2D eigenvalue weighted by Gasteiger charge is 2.19. The van der Waals surface area contributed by atoms with Gasteiger partial charge in [0, 0.05) is 13.1 Å². The Morgan fingerprint density at radius 2 is 2.54 bits per heavy atom. The summed E-state index contributed by atoms with van der Waals surface area (Å²) in [5.74, 6) is 0. The molecule has 0 amide bonds. The van der Waals surface area contributed by atoms with Gasteiger partial charge in [0.05, 0.1) is 6.61 Å². The summed E-state index contributed by atoms with van der Waals surface area (Å²) in [5, 5.41) is 13.6. The van der Waals surface area contributed by atoms with Crippen LogP contribution in [0.2, 0.25) is 0 Å². The molecule has 0 radical (unpaired) electrons. The molecule has 1 N–H and O–H groups in total. The van der Waals surface area contributed by atoms with Gasteiger partial charge in [0.15, 0.2) is 0 Å². The van der Waals surface area contributed by atoms with Crippen molar-refractivity contribution in [2.75, 3.05) is 19.7 Å². The van der Waals surface area contributed by atoms with E-state index in [1.165, 1.54) is 0 Å². The van der Waals surface area contributed by atoms with Crippen molar-refractivity contribution in [3.05, 3.63) is 10.0 Å². The zero-order chi connectivity index (χ0) is 9.10. The maximum atomic E-state index is 5.57. The lowest BCUT2D eigenvalue weighted by Gasteiger charge is -2.20. The third-order valence-corrected chi connectivity index (χ3v) is 3.15. The molecule has 1 aromatic rings. The molecule has 1 aliphatic heterocycles. The molecule has 2 rings (SSSR count). The summed E-state index contributed by atoms with van der Waals surface area (Å²) in [4.78, 5) is 0. The number of aromatic nitrogens is 2. The van der Waals surface area contributed by atoms with Crippen molar-refractivity contribution >= 4 is 11.3 Å². The molecule has 1 fully saturated rings. The van der Waals surface area contributed by atoms with Crippen LogP contribution in [0.4, 0.5) is 0 Å². The standard InChI is InChI=1S/C8H13N3OS/c1-2-7-10-11-8(13-7)6-5-9-3-4-12-6/h6,9H,2-5H2,1H3. The van der Waals surface area contributed by atoms with Gasteiger partial charge in [-0.1, -0.05) is 18.3 Å². The van der Waals surface area contributed by atoms with E-state index in [-0.39, 0.29) is 6.10 Å². The maximum Gasteiger partial charge on any atom is 0.147 e. The van der Waals surface area contributed by atoms with Crippen molar-refractivity contribution in [3.63, 3.8) is 0 Å². The van der Waals surface area contributed by atoms with Crippen molar-refractivity contribution in [2.24, 2.45) is 0 Å². The molecule has 0 bridgehead atoms. The van der Waals surface area contributed by atoms with Crippen LogP contribution in [-0.4, -0.2) is 29.9 Å². The van der Waals surface area contributed by atoms with Crippen LogP contribution < -0.4 is 5.32 Å². The van der Waals surface area contributed by atoms with E-state index in [0.717, 1.165) is 36.1 Å². The van der Waals surface area contributed by atoms with Crippen LogP contribution in [0.1, 0.15) is 23.0 Å². The third-order valence-electron chi connectivity index (χ3n) is 1.99. The maximum absolute atomic E-state index is 5.57. The Hall–Kier alpha value is -0.520. The van der Waals surface area contributed by atoms with Crippen LogP contribution in [0.25, 0.3) is 0 Å². The average Bonchev–Trinajstić information content (AvgIpc) is 2.67. The second-order valence-corrected chi connectivity index (χ2v) is 4.04. The molecule has 1 aromatic heterocycles. The number of morpholine rings is 1. The van der Waals surface area contributed by atoms with E-state index in [1.54, 1.807) is 11.3 Å². The Bertz CT molecular complexity index is 270. The van der Waals surface area contributed by atoms with E-state index in [9.17, 15) is 0 Å². The Kier molecular flexibility index (Phi) is 2.87. The van der Waals surface area contributed by atoms with Gasteiger partial charge < -0.3 is 10.1 Å². The summed E-state index contributed by atoms with van der Waals surface area (Å²) in [6, 6.07) is 0. The van der Waals surface area contributed by atoms with Crippen molar-refractivity contribution in [2.45, 2.75) is 19.4 Å². The number of hydrogen-bond acceptors (Lipinski definition) is 5. The molecule has 5 heteroatoms. The van der Waals surface area contributed by atoms with Gasteiger partial charge in [-0.25, -0.2) is 0 Å². The number of nitrogens with zero attached hydrogens (tertiary/aromatic N) is 2. The molecule has 0 spiro atoms. The SMILES string of the molecule is CCc1nnc(C2CNCCO2)s1. The summed E-state index contributed by atoms with van der Waals surface area (Å²) in [5.41, 5.74) is 0. The molecular formula is C8H13N3OS. The molecule has 1 saturated heterocycles. The second-order valence-electron chi connectivity index (χ2n) is 2.95. The van der Waals surface area contributed by atoms with Crippen LogP contribution in [0, 0.1) is 0 Å². The van der Waals surface area contributed by atoms with E-state index in [1.807, 2.05) is 0 Å². The van der Waals surface area contributed by atoms with E-state index >= 15 is 0 Å². The van der Waals surface area contributed by atoms with Crippen molar-refractivity contribution < 1.29 is 4.74 Å². The molecule has 4 nitrogen and oxygen atoms in total. The minimum Gasteiger partial charge on any atom is -0.368 e. The largest absolute Gasteiger partial charge is 0.368 e. The second kappa shape index (κ2) is 4.13. The molecule has 1 atom stereocenters. The minimum atomic E-state index is 0.117. The fraction of sp³-hybridized carbons (Fsp3) is 0.750. The van der Waals surface area contributed by atoms with Crippen LogP contribution in [-0.2, 0) is 11.2 Å². The number of rotatable bonds is 2. The molecule has 0 aliphatic carbocycles. The van der Waals surface area contributed by atoms with Gasteiger partial charge in [-0.2, -0.15) is 0 Å². The van der Waals surface area contributed by atoms with Crippen LogP contribution >= 0.6 is 11.3 Å². The molecule has 0 aromatic carbocycles. The highest BCUT2D eigenvalue weighted by atomic mass is 32.1. The normalized spacial score (nSPS) is 23.3. The summed E-state index contributed by atoms with van der Waals surface area (Å²) in [6.07, 6.45) is 1.07. The third kappa shape index (κ3) is 2.04. The highest BCUT2D eigenvalue weighted by Crippen LogP contribution is 2.22. The first-order chi connectivity index (χ1) is 6.40. The van der Waals surface area contributed by atoms with E-state index < -0.39 is 0 Å². The quantitative estimate of drug-likeness (QED) is 0.764. The average molecular weight is 199 g/mol. The zero-order valence-corrected chi connectivity index (χ0v) is 8.43. The van der Waals surface area contributed by atoms with E-state index in [4.69, 9.17) is 4.74 Å². The van der Waals surface area contributed by atoms with E-state index in [2.05, 4.69) is 22.4 Å². The Labute approximate surface area is 81.3 Å². The molecule has 0 saturated carbocycles. The molecule has 13 heavy (non-hydrogen) atoms. The summed E-state index contributed by atoms with van der Waals surface area (Å²) in [7, 11) is 0. The number of ether oxygens (including phenoxy) is 1. The Morgan fingerprint density at radius 1 is 1.62 bits per heavy atom. The molecule has 1 aliphatic rings. The fourth-order valence-electron chi connectivity index (χ4n) is 1.26. The monoisotopic (exact) mass is 199 g/mol. The number of aryl methyl sites for hydroxylation is 1.